The van der Waals surface area contributed by atoms with Crippen LogP contribution in [0.2, 0.25) is 0 Å². The maximum Gasteiger partial charge on any atom is 0.236 e. The van der Waals surface area contributed by atoms with Gasteiger partial charge in [0, 0.05) is 18.0 Å². The van der Waals surface area contributed by atoms with Crippen molar-refractivity contribution in [1.82, 2.24) is 19.7 Å². The number of hydrogen-bond acceptors (Lipinski definition) is 7. The number of aromatic nitrogens is 4. The van der Waals surface area contributed by atoms with Gasteiger partial charge < -0.3 is 14.6 Å². The molecule has 0 bridgehead atoms. The van der Waals surface area contributed by atoms with Crippen molar-refractivity contribution in [2.75, 3.05) is 11.1 Å². The van der Waals surface area contributed by atoms with Crippen LogP contribution in [-0.2, 0) is 18.4 Å². The van der Waals surface area contributed by atoms with Gasteiger partial charge in [-0.2, -0.15) is 0 Å². The summed E-state index contributed by atoms with van der Waals surface area (Å²) < 4.78 is 7.55. The highest BCUT2D eigenvalue weighted by molar-refractivity contribution is 7.99. The maximum atomic E-state index is 12.4. The van der Waals surface area contributed by atoms with Crippen LogP contribution in [0.25, 0.3) is 11.3 Å². The molecule has 0 unspecified atom stereocenters. The number of carbonyl (C=O) groups excluding carboxylic acids is 1. The number of thioether (sulfide) groups is 1. The van der Waals surface area contributed by atoms with E-state index in [1.807, 2.05) is 78.5 Å². The summed E-state index contributed by atoms with van der Waals surface area (Å²) in [5, 5.41) is 14.3. The highest BCUT2D eigenvalue weighted by Gasteiger charge is 2.13. The highest BCUT2D eigenvalue weighted by atomic mass is 32.2. The number of carbonyl (C=O) groups is 1. The summed E-state index contributed by atoms with van der Waals surface area (Å²) in [6, 6.07) is 17.7. The van der Waals surface area contributed by atoms with E-state index in [0.29, 0.717) is 22.7 Å². The van der Waals surface area contributed by atoms with E-state index in [9.17, 15) is 4.79 Å². The molecule has 0 spiro atoms. The van der Waals surface area contributed by atoms with E-state index in [4.69, 9.17) is 4.74 Å². The van der Waals surface area contributed by atoms with Gasteiger partial charge >= 0.3 is 0 Å². The van der Waals surface area contributed by atoms with Crippen molar-refractivity contribution in [3.05, 3.63) is 71.4 Å². The number of thiazole rings is 1. The lowest BCUT2D eigenvalue weighted by molar-refractivity contribution is -0.113. The molecule has 2 aromatic heterocycles. The van der Waals surface area contributed by atoms with Crippen LogP contribution < -0.4 is 10.1 Å². The molecule has 1 amide bonds. The fourth-order valence-corrected chi connectivity index (χ4v) is 4.20. The summed E-state index contributed by atoms with van der Waals surface area (Å²) in [6.07, 6.45) is 0. The Labute approximate surface area is 188 Å². The molecular formula is C22H21N5O2S2. The molecule has 1 N–H and O–H groups in total. The van der Waals surface area contributed by atoms with E-state index < -0.39 is 0 Å². The topological polar surface area (TPSA) is 81.9 Å². The first kappa shape index (κ1) is 21.1. The standard InChI is InChI=1S/C22H21N5O2S2/c1-15-8-10-16(11-9-15)18-13-30-21(23-18)24-20(28)14-31-22-26-25-19(27(22)2)12-29-17-6-4-3-5-7-17/h3-11,13H,12,14H2,1-2H3,(H,23,24,28). The van der Waals surface area contributed by atoms with Crippen LogP contribution in [0.1, 0.15) is 11.4 Å². The number of amides is 1. The van der Waals surface area contributed by atoms with Crippen LogP contribution in [0.3, 0.4) is 0 Å². The fraction of sp³-hybridized carbons (Fsp3) is 0.182. The van der Waals surface area contributed by atoms with Crippen molar-refractivity contribution in [3.63, 3.8) is 0 Å². The van der Waals surface area contributed by atoms with Crippen molar-refractivity contribution in [2.24, 2.45) is 7.05 Å². The van der Waals surface area contributed by atoms with Crippen molar-refractivity contribution in [1.29, 1.82) is 0 Å². The highest BCUT2D eigenvalue weighted by Crippen LogP contribution is 2.25. The average Bonchev–Trinajstić information content (AvgIpc) is 3.38. The summed E-state index contributed by atoms with van der Waals surface area (Å²) in [5.74, 6) is 1.53. The molecule has 0 saturated heterocycles. The molecule has 7 nitrogen and oxygen atoms in total. The molecule has 0 aliphatic carbocycles. The lowest BCUT2D eigenvalue weighted by Gasteiger charge is -2.06. The molecule has 2 aromatic carbocycles. The van der Waals surface area contributed by atoms with Crippen molar-refractivity contribution >= 4 is 34.1 Å². The molecule has 31 heavy (non-hydrogen) atoms. The second-order valence-corrected chi connectivity index (χ2v) is 8.60. The van der Waals surface area contributed by atoms with Gasteiger partial charge in [0.15, 0.2) is 16.1 Å². The molecule has 0 saturated carbocycles. The molecule has 9 heteroatoms. The Balaban J connectivity index is 1.29. The summed E-state index contributed by atoms with van der Waals surface area (Å²) in [4.78, 5) is 16.9. The van der Waals surface area contributed by atoms with Crippen LogP contribution in [0.15, 0.2) is 65.1 Å². The molecule has 2 heterocycles. The van der Waals surface area contributed by atoms with Gasteiger partial charge in [0.05, 0.1) is 11.4 Å². The Morgan fingerprint density at radius 1 is 1.13 bits per heavy atom. The number of ether oxygens (including phenoxy) is 1. The van der Waals surface area contributed by atoms with Crippen LogP contribution in [-0.4, -0.2) is 31.4 Å². The summed E-state index contributed by atoms with van der Waals surface area (Å²) in [5.41, 5.74) is 3.08. The smallest absolute Gasteiger partial charge is 0.236 e. The molecule has 0 aliphatic heterocycles. The number of nitrogens with zero attached hydrogens (tertiary/aromatic N) is 4. The SMILES string of the molecule is Cc1ccc(-c2csc(NC(=O)CSc3nnc(COc4ccccc4)n3C)n2)cc1. The summed E-state index contributed by atoms with van der Waals surface area (Å²) in [7, 11) is 1.86. The monoisotopic (exact) mass is 451 g/mol. The number of aryl methyl sites for hydroxylation is 1. The summed E-state index contributed by atoms with van der Waals surface area (Å²) >= 11 is 2.73. The Hall–Kier alpha value is -3.17. The van der Waals surface area contributed by atoms with Crippen molar-refractivity contribution in [3.8, 4) is 17.0 Å². The second-order valence-electron chi connectivity index (χ2n) is 6.80. The quantitative estimate of drug-likeness (QED) is 0.396. The molecule has 0 fully saturated rings. The Morgan fingerprint density at radius 3 is 2.68 bits per heavy atom. The molecule has 0 aliphatic rings. The van der Waals surface area contributed by atoms with Crippen molar-refractivity contribution < 1.29 is 9.53 Å². The number of anilines is 1. The van der Waals surface area contributed by atoms with Crippen LogP contribution in [0, 0.1) is 6.92 Å². The predicted molar refractivity (Wildman–Crippen MR) is 123 cm³/mol. The zero-order chi connectivity index (χ0) is 21.6. The maximum absolute atomic E-state index is 12.4. The minimum absolute atomic E-state index is 0.139. The number of nitrogens with one attached hydrogen (secondary N) is 1. The number of hydrogen-bond donors (Lipinski definition) is 1. The minimum atomic E-state index is -0.139. The lowest BCUT2D eigenvalue weighted by Crippen LogP contribution is -2.14. The second kappa shape index (κ2) is 9.76. The Morgan fingerprint density at radius 2 is 1.90 bits per heavy atom. The van der Waals surface area contributed by atoms with E-state index in [1.165, 1.54) is 28.7 Å². The van der Waals surface area contributed by atoms with Crippen LogP contribution >= 0.6 is 23.1 Å². The normalized spacial score (nSPS) is 10.8. The first-order valence-corrected chi connectivity index (χ1v) is 11.5. The largest absolute Gasteiger partial charge is 0.486 e. The zero-order valence-corrected chi connectivity index (χ0v) is 18.7. The van der Waals surface area contributed by atoms with Crippen LogP contribution in [0.4, 0.5) is 5.13 Å². The van der Waals surface area contributed by atoms with Gasteiger partial charge in [-0.05, 0) is 19.1 Å². The Kier molecular flexibility index (Phi) is 6.63. The Bertz CT molecular complexity index is 1160. The molecule has 0 atom stereocenters. The third-order valence-corrected chi connectivity index (χ3v) is 6.24. The van der Waals surface area contributed by atoms with Gasteiger partial charge in [-0.1, -0.05) is 59.8 Å². The van der Waals surface area contributed by atoms with Gasteiger partial charge in [0.25, 0.3) is 0 Å². The first-order valence-electron chi connectivity index (χ1n) is 9.60. The van der Waals surface area contributed by atoms with Gasteiger partial charge in [-0.15, -0.1) is 21.5 Å². The molecule has 0 radical (unpaired) electrons. The van der Waals surface area contributed by atoms with Gasteiger partial charge in [-0.25, -0.2) is 4.98 Å². The molecular weight excluding hydrogens is 430 g/mol. The third kappa shape index (κ3) is 5.50. The lowest BCUT2D eigenvalue weighted by atomic mass is 10.1. The molecule has 158 valence electrons. The average molecular weight is 452 g/mol. The van der Waals surface area contributed by atoms with Gasteiger partial charge in [0.2, 0.25) is 5.91 Å². The number of para-hydroxylation sites is 1. The summed E-state index contributed by atoms with van der Waals surface area (Å²) in [6.45, 7) is 2.35. The van der Waals surface area contributed by atoms with E-state index in [0.717, 1.165) is 17.0 Å². The van der Waals surface area contributed by atoms with Gasteiger partial charge in [0.1, 0.15) is 12.4 Å². The predicted octanol–water partition coefficient (Wildman–Crippen LogP) is 4.56. The van der Waals surface area contributed by atoms with E-state index in [2.05, 4.69) is 20.5 Å². The minimum Gasteiger partial charge on any atom is -0.486 e. The van der Waals surface area contributed by atoms with E-state index in [1.54, 1.807) is 0 Å². The number of benzene rings is 2. The van der Waals surface area contributed by atoms with Crippen LogP contribution in [0.5, 0.6) is 5.75 Å². The molecule has 4 aromatic rings. The first-order chi connectivity index (χ1) is 15.1. The van der Waals surface area contributed by atoms with E-state index in [-0.39, 0.29) is 11.7 Å². The molecule has 4 rings (SSSR count). The number of rotatable bonds is 8. The third-order valence-electron chi connectivity index (χ3n) is 4.47. The zero-order valence-electron chi connectivity index (χ0n) is 17.1. The van der Waals surface area contributed by atoms with Gasteiger partial charge in [-0.3, -0.25) is 4.79 Å². The fourth-order valence-electron chi connectivity index (χ4n) is 2.73. The van der Waals surface area contributed by atoms with E-state index >= 15 is 0 Å². The van der Waals surface area contributed by atoms with Crippen molar-refractivity contribution in [2.45, 2.75) is 18.7 Å².